The molecule has 3 nitrogen and oxygen atoms in total. The van der Waals surface area contributed by atoms with Crippen molar-refractivity contribution < 1.29 is 0 Å². The third-order valence-corrected chi connectivity index (χ3v) is 4.76. The van der Waals surface area contributed by atoms with Gasteiger partial charge in [0.2, 0.25) is 0 Å². The van der Waals surface area contributed by atoms with Crippen molar-refractivity contribution in [3.05, 3.63) is 40.8 Å². The van der Waals surface area contributed by atoms with Gasteiger partial charge in [-0.3, -0.25) is 9.98 Å². The van der Waals surface area contributed by atoms with E-state index in [-0.39, 0.29) is 11.3 Å². The van der Waals surface area contributed by atoms with Crippen LogP contribution in [-0.2, 0) is 0 Å². The molecule has 2 aliphatic rings. The number of fused-ring (bicyclic) bond motifs is 1. The molecular formula is C17H21N3S. The van der Waals surface area contributed by atoms with Gasteiger partial charge in [0.25, 0.3) is 0 Å². The lowest BCUT2D eigenvalue weighted by molar-refractivity contribution is 0.656. The molecule has 2 heterocycles. The molecule has 0 spiro atoms. The fourth-order valence-corrected chi connectivity index (χ4v) is 3.67. The Morgan fingerprint density at radius 3 is 2.76 bits per heavy atom. The molecule has 0 fully saturated rings. The van der Waals surface area contributed by atoms with Crippen LogP contribution in [0.3, 0.4) is 0 Å². The van der Waals surface area contributed by atoms with Gasteiger partial charge < -0.3 is 5.32 Å². The molecule has 0 unspecified atom stereocenters. The molecule has 4 heteroatoms. The smallest absolute Gasteiger partial charge is 0.115 e. The SMILES string of the molecule is Cc1ccc(C2=CS[C@@H]3N=CNC(=NCC(C)C)[C@H]23)cc1. The van der Waals surface area contributed by atoms with Gasteiger partial charge in [-0.2, -0.15) is 0 Å². The van der Waals surface area contributed by atoms with E-state index in [2.05, 4.69) is 60.8 Å². The van der Waals surface area contributed by atoms with E-state index in [0.717, 1.165) is 12.4 Å². The first-order valence-corrected chi connectivity index (χ1v) is 8.34. The van der Waals surface area contributed by atoms with Gasteiger partial charge in [-0.1, -0.05) is 43.7 Å². The first kappa shape index (κ1) is 14.4. The van der Waals surface area contributed by atoms with Gasteiger partial charge in [-0.05, 0) is 29.4 Å². The maximum Gasteiger partial charge on any atom is 0.115 e. The fourth-order valence-electron chi connectivity index (χ4n) is 2.54. The summed E-state index contributed by atoms with van der Waals surface area (Å²) in [5.74, 6) is 1.87. The Labute approximate surface area is 130 Å². The summed E-state index contributed by atoms with van der Waals surface area (Å²) in [4.78, 5) is 9.33. The van der Waals surface area contributed by atoms with Crippen LogP contribution in [0.4, 0.5) is 0 Å². The second kappa shape index (κ2) is 6.06. The minimum atomic E-state index is 0.230. The third-order valence-electron chi connectivity index (χ3n) is 3.69. The lowest BCUT2D eigenvalue weighted by Crippen LogP contribution is -2.39. The fraction of sp³-hybridized carbons (Fsp3) is 0.412. The van der Waals surface area contributed by atoms with Gasteiger partial charge in [0.05, 0.1) is 12.3 Å². The van der Waals surface area contributed by atoms with Crippen molar-refractivity contribution in [2.75, 3.05) is 6.54 Å². The maximum absolute atomic E-state index is 4.78. The number of hydrogen-bond donors (Lipinski definition) is 1. The summed E-state index contributed by atoms with van der Waals surface area (Å²) in [6.45, 7) is 7.36. The molecule has 21 heavy (non-hydrogen) atoms. The summed E-state index contributed by atoms with van der Waals surface area (Å²) < 4.78 is 0. The lowest BCUT2D eigenvalue weighted by Gasteiger charge is -2.25. The molecule has 0 radical (unpaired) electrons. The molecule has 1 aromatic rings. The Hall–Kier alpha value is -1.55. The Balaban J connectivity index is 1.90. The van der Waals surface area contributed by atoms with Crippen molar-refractivity contribution in [1.82, 2.24) is 5.32 Å². The standard InChI is InChI=1S/C17H21N3S/c1-11(2)8-18-16-15-14(9-21-17(15)20-10-19-16)13-6-4-12(3)5-7-13/h4-7,9-11,15,17H,8H2,1-3H3,(H,18,19,20)/t15-,17-/m0/s1. The van der Waals surface area contributed by atoms with E-state index in [4.69, 9.17) is 4.99 Å². The summed E-state index contributed by atoms with van der Waals surface area (Å²) in [6, 6.07) is 8.72. The highest BCUT2D eigenvalue weighted by Gasteiger charge is 2.36. The minimum absolute atomic E-state index is 0.230. The third kappa shape index (κ3) is 3.05. The van der Waals surface area contributed by atoms with Crippen LogP contribution in [0, 0.1) is 18.8 Å². The van der Waals surface area contributed by atoms with E-state index in [9.17, 15) is 0 Å². The summed E-state index contributed by atoms with van der Waals surface area (Å²) >= 11 is 1.79. The van der Waals surface area contributed by atoms with E-state index in [1.54, 1.807) is 18.1 Å². The topological polar surface area (TPSA) is 36.8 Å². The number of rotatable bonds is 3. The Morgan fingerprint density at radius 1 is 1.29 bits per heavy atom. The average molecular weight is 299 g/mol. The van der Waals surface area contributed by atoms with Crippen LogP contribution in [0.2, 0.25) is 0 Å². The Bertz CT molecular complexity index is 599. The quantitative estimate of drug-likeness (QED) is 0.923. The first-order valence-electron chi connectivity index (χ1n) is 7.40. The summed E-state index contributed by atoms with van der Waals surface area (Å²) in [5.41, 5.74) is 3.89. The number of thioether (sulfide) groups is 1. The number of nitrogens with one attached hydrogen (secondary N) is 1. The normalized spacial score (nSPS) is 25.9. The Morgan fingerprint density at radius 2 is 2.05 bits per heavy atom. The molecule has 2 atom stereocenters. The van der Waals surface area contributed by atoms with Gasteiger partial charge in [-0.15, -0.1) is 11.8 Å². The summed E-state index contributed by atoms with van der Waals surface area (Å²) in [7, 11) is 0. The zero-order chi connectivity index (χ0) is 14.8. The van der Waals surface area contributed by atoms with Gasteiger partial charge in [0.15, 0.2) is 0 Å². The van der Waals surface area contributed by atoms with Crippen LogP contribution in [0.5, 0.6) is 0 Å². The summed E-state index contributed by atoms with van der Waals surface area (Å²) in [5, 5.41) is 5.74. The van der Waals surface area contributed by atoms with Crippen molar-refractivity contribution in [2.45, 2.75) is 26.1 Å². The van der Waals surface area contributed by atoms with Crippen molar-refractivity contribution >= 4 is 29.5 Å². The van der Waals surface area contributed by atoms with Crippen molar-refractivity contribution in [3.63, 3.8) is 0 Å². The zero-order valence-electron chi connectivity index (χ0n) is 12.7. The average Bonchev–Trinajstić information content (AvgIpc) is 2.90. The number of aryl methyl sites for hydroxylation is 1. The molecule has 3 rings (SSSR count). The zero-order valence-corrected chi connectivity index (χ0v) is 13.5. The highest BCUT2D eigenvalue weighted by atomic mass is 32.2. The van der Waals surface area contributed by atoms with Crippen molar-refractivity contribution in [1.29, 1.82) is 0 Å². The molecule has 1 N–H and O–H groups in total. The van der Waals surface area contributed by atoms with E-state index in [1.165, 1.54) is 16.7 Å². The molecule has 1 aromatic carbocycles. The predicted molar refractivity (Wildman–Crippen MR) is 92.8 cm³/mol. The highest BCUT2D eigenvalue weighted by molar-refractivity contribution is 8.03. The van der Waals surface area contributed by atoms with E-state index in [1.807, 2.05) is 0 Å². The molecule has 0 saturated heterocycles. The molecule has 0 saturated carbocycles. The highest BCUT2D eigenvalue weighted by Crippen LogP contribution is 2.43. The van der Waals surface area contributed by atoms with Crippen LogP contribution < -0.4 is 5.32 Å². The van der Waals surface area contributed by atoms with Crippen LogP contribution in [0.15, 0.2) is 39.7 Å². The van der Waals surface area contributed by atoms with Crippen LogP contribution >= 0.6 is 11.8 Å². The minimum Gasteiger partial charge on any atom is -0.335 e. The van der Waals surface area contributed by atoms with E-state index in [0.29, 0.717) is 5.92 Å². The largest absolute Gasteiger partial charge is 0.335 e. The van der Waals surface area contributed by atoms with Crippen molar-refractivity contribution in [2.24, 2.45) is 21.8 Å². The monoisotopic (exact) mass is 299 g/mol. The lowest BCUT2D eigenvalue weighted by atomic mass is 9.91. The number of benzene rings is 1. The molecular weight excluding hydrogens is 278 g/mol. The predicted octanol–water partition coefficient (Wildman–Crippen LogP) is 3.71. The number of amidine groups is 1. The van der Waals surface area contributed by atoms with Crippen LogP contribution in [0.1, 0.15) is 25.0 Å². The number of aliphatic imine (C=N–C) groups is 2. The van der Waals surface area contributed by atoms with E-state index < -0.39 is 0 Å². The molecule has 0 aromatic heterocycles. The number of nitrogens with zero attached hydrogens (tertiary/aromatic N) is 2. The summed E-state index contributed by atoms with van der Waals surface area (Å²) in [6.07, 6.45) is 1.79. The molecule has 2 aliphatic heterocycles. The van der Waals surface area contributed by atoms with Gasteiger partial charge in [-0.25, -0.2) is 0 Å². The van der Waals surface area contributed by atoms with Gasteiger partial charge >= 0.3 is 0 Å². The second-order valence-corrected chi connectivity index (χ2v) is 6.98. The van der Waals surface area contributed by atoms with Crippen LogP contribution in [-0.4, -0.2) is 24.1 Å². The number of hydrogen-bond acceptors (Lipinski definition) is 3. The maximum atomic E-state index is 4.78. The molecule has 0 bridgehead atoms. The molecule has 110 valence electrons. The molecule has 0 amide bonds. The first-order chi connectivity index (χ1) is 10.1. The Kier molecular flexibility index (Phi) is 4.15. The van der Waals surface area contributed by atoms with E-state index >= 15 is 0 Å². The van der Waals surface area contributed by atoms with Gasteiger partial charge in [0.1, 0.15) is 11.2 Å². The second-order valence-electron chi connectivity index (χ2n) is 5.99. The van der Waals surface area contributed by atoms with Crippen molar-refractivity contribution in [3.8, 4) is 0 Å². The van der Waals surface area contributed by atoms with Gasteiger partial charge in [0, 0.05) is 6.54 Å². The van der Waals surface area contributed by atoms with Crippen LogP contribution in [0.25, 0.3) is 5.57 Å². The molecule has 0 aliphatic carbocycles.